The van der Waals surface area contributed by atoms with Gasteiger partial charge in [0.25, 0.3) is 0 Å². The number of fused-ring (bicyclic) bond motifs is 13. The minimum Gasteiger partial charge on any atom is -0.309 e. The SMILES string of the molecule is c1ccc(N(c2ccc3c(c2)sc2c4ccccc4ccc32)c2c(-c3cccc4c3sc3c5ccccc5ccc43)c3ccccc3c3ccccc23)cc1. The van der Waals surface area contributed by atoms with E-state index in [1.165, 1.54) is 100 Å². The molecule has 256 valence electrons. The molecular formula is C52H31NS2. The maximum atomic E-state index is 2.52. The van der Waals surface area contributed by atoms with Crippen LogP contribution < -0.4 is 4.90 Å². The summed E-state index contributed by atoms with van der Waals surface area (Å²) in [6.07, 6.45) is 0. The smallest absolute Gasteiger partial charge is 0.0625 e. The molecule has 0 atom stereocenters. The number of para-hydroxylation sites is 1. The third-order valence-corrected chi connectivity index (χ3v) is 13.9. The van der Waals surface area contributed by atoms with Crippen molar-refractivity contribution in [3.63, 3.8) is 0 Å². The van der Waals surface area contributed by atoms with Crippen LogP contribution in [0.1, 0.15) is 0 Å². The van der Waals surface area contributed by atoms with Gasteiger partial charge in [0.2, 0.25) is 0 Å². The van der Waals surface area contributed by atoms with E-state index in [0.717, 1.165) is 11.4 Å². The fourth-order valence-corrected chi connectivity index (χ4v) is 11.6. The molecule has 0 aliphatic rings. The van der Waals surface area contributed by atoms with Gasteiger partial charge in [-0.25, -0.2) is 0 Å². The van der Waals surface area contributed by atoms with Crippen LogP contribution in [0.2, 0.25) is 0 Å². The molecule has 0 aliphatic heterocycles. The molecule has 0 fully saturated rings. The second-order valence-electron chi connectivity index (χ2n) is 14.4. The second kappa shape index (κ2) is 12.0. The first-order chi connectivity index (χ1) is 27.3. The van der Waals surface area contributed by atoms with Gasteiger partial charge in [0, 0.05) is 68.2 Å². The largest absolute Gasteiger partial charge is 0.309 e. The minimum absolute atomic E-state index is 1.13. The van der Waals surface area contributed by atoms with E-state index in [2.05, 4.69) is 193 Å². The zero-order chi connectivity index (χ0) is 36.0. The highest BCUT2D eigenvalue weighted by molar-refractivity contribution is 7.27. The lowest BCUT2D eigenvalue weighted by Crippen LogP contribution is -2.12. The van der Waals surface area contributed by atoms with E-state index in [0.29, 0.717) is 0 Å². The van der Waals surface area contributed by atoms with Gasteiger partial charge >= 0.3 is 0 Å². The molecule has 0 bridgehead atoms. The zero-order valence-corrected chi connectivity index (χ0v) is 31.3. The Morgan fingerprint density at radius 2 is 0.836 bits per heavy atom. The topological polar surface area (TPSA) is 3.24 Å². The molecule has 12 rings (SSSR count). The van der Waals surface area contributed by atoms with E-state index in [1.54, 1.807) is 0 Å². The van der Waals surface area contributed by atoms with Crippen LogP contribution in [0.15, 0.2) is 188 Å². The third-order valence-electron chi connectivity index (χ3n) is 11.4. The molecule has 0 aliphatic carbocycles. The van der Waals surface area contributed by atoms with E-state index in [9.17, 15) is 0 Å². The Hall–Kier alpha value is -6.52. The minimum atomic E-state index is 1.13. The highest BCUT2D eigenvalue weighted by atomic mass is 32.1. The summed E-state index contributed by atoms with van der Waals surface area (Å²) >= 11 is 3.83. The van der Waals surface area contributed by atoms with Crippen LogP contribution in [0, 0.1) is 0 Å². The van der Waals surface area contributed by atoms with Crippen molar-refractivity contribution in [2.75, 3.05) is 4.90 Å². The summed E-state index contributed by atoms with van der Waals surface area (Å²) in [6, 6.07) is 69.6. The fourth-order valence-electron chi connectivity index (χ4n) is 8.97. The fraction of sp³-hybridized carbons (Fsp3) is 0. The Kier molecular flexibility index (Phi) is 6.74. The average molecular weight is 734 g/mol. The van der Waals surface area contributed by atoms with Crippen LogP contribution in [0.4, 0.5) is 17.1 Å². The molecule has 0 radical (unpaired) electrons. The van der Waals surface area contributed by atoms with Crippen LogP contribution in [-0.2, 0) is 0 Å². The predicted molar refractivity (Wildman–Crippen MR) is 242 cm³/mol. The first-order valence-corrected chi connectivity index (χ1v) is 20.4. The van der Waals surface area contributed by atoms with E-state index in [-0.39, 0.29) is 0 Å². The van der Waals surface area contributed by atoms with E-state index >= 15 is 0 Å². The third kappa shape index (κ3) is 4.58. The normalized spacial score (nSPS) is 12.0. The zero-order valence-electron chi connectivity index (χ0n) is 29.7. The first kappa shape index (κ1) is 30.9. The van der Waals surface area contributed by atoms with Crippen LogP contribution in [0.5, 0.6) is 0 Å². The summed E-state index contributed by atoms with van der Waals surface area (Å²) in [7, 11) is 0. The summed E-state index contributed by atoms with van der Waals surface area (Å²) in [5, 5.41) is 15.4. The molecule has 0 saturated carbocycles. The summed E-state index contributed by atoms with van der Waals surface area (Å²) in [4.78, 5) is 2.52. The predicted octanol–water partition coefficient (Wildman–Crippen LogP) is 16.2. The van der Waals surface area contributed by atoms with Crippen LogP contribution in [0.3, 0.4) is 0 Å². The summed E-state index contributed by atoms with van der Waals surface area (Å²) in [5.41, 5.74) is 5.98. The molecule has 12 aromatic rings. The molecule has 2 heterocycles. The maximum absolute atomic E-state index is 2.52. The van der Waals surface area contributed by atoms with Crippen LogP contribution in [-0.4, -0.2) is 0 Å². The molecule has 0 spiro atoms. The molecular weight excluding hydrogens is 703 g/mol. The van der Waals surface area contributed by atoms with Crippen molar-refractivity contribution >= 4 is 123 Å². The van der Waals surface area contributed by atoms with Crippen molar-refractivity contribution in [2.24, 2.45) is 0 Å². The average Bonchev–Trinajstić information content (AvgIpc) is 3.83. The van der Waals surface area contributed by atoms with Crippen molar-refractivity contribution in [1.82, 2.24) is 0 Å². The molecule has 3 heteroatoms. The molecule has 0 amide bonds. The molecule has 55 heavy (non-hydrogen) atoms. The Labute approximate surface area is 325 Å². The second-order valence-corrected chi connectivity index (χ2v) is 16.5. The molecule has 0 N–H and O–H groups in total. The number of anilines is 3. The van der Waals surface area contributed by atoms with Gasteiger partial charge in [0.1, 0.15) is 0 Å². The highest BCUT2D eigenvalue weighted by Crippen LogP contribution is 2.53. The quantitative estimate of drug-likeness (QED) is 0.163. The molecule has 10 aromatic carbocycles. The number of benzene rings is 10. The lowest BCUT2D eigenvalue weighted by molar-refractivity contribution is 1.31. The van der Waals surface area contributed by atoms with Crippen molar-refractivity contribution < 1.29 is 0 Å². The lowest BCUT2D eigenvalue weighted by atomic mass is 9.89. The number of hydrogen-bond donors (Lipinski definition) is 0. The van der Waals surface area contributed by atoms with Gasteiger partial charge in [0.15, 0.2) is 0 Å². The lowest BCUT2D eigenvalue weighted by Gasteiger charge is -2.30. The van der Waals surface area contributed by atoms with E-state index in [1.807, 2.05) is 22.7 Å². The van der Waals surface area contributed by atoms with Gasteiger partial charge in [-0.05, 0) is 62.0 Å². The summed E-state index contributed by atoms with van der Waals surface area (Å²) in [5.74, 6) is 0. The Morgan fingerprint density at radius 1 is 0.309 bits per heavy atom. The standard InChI is InChI=1S/C52H31NS2/c1-2-15-34(16-3-1)53(35-27-30-40-44-28-25-32-13-4-6-17-36(32)50(44)54-47(40)31-35)49-42-22-11-9-20-39(42)38-19-8-10-21-41(38)48(49)46-24-12-23-43-45-29-26-33-14-5-7-18-37(33)51(45)55-52(43)46/h1-31H. The summed E-state index contributed by atoms with van der Waals surface area (Å²) < 4.78 is 5.29. The van der Waals surface area contributed by atoms with Crippen molar-refractivity contribution in [1.29, 1.82) is 0 Å². The Balaban J connectivity index is 1.22. The van der Waals surface area contributed by atoms with E-state index < -0.39 is 0 Å². The molecule has 0 unspecified atom stereocenters. The number of hydrogen-bond acceptors (Lipinski definition) is 3. The highest BCUT2D eigenvalue weighted by Gasteiger charge is 2.26. The number of nitrogens with zero attached hydrogens (tertiary/aromatic N) is 1. The van der Waals surface area contributed by atoms with E-state index in [4.69, 9.17) is 0 Å². The van der Waals surface area contributed by atoms with Gasteiger partial charge in [-0.15, -0.1) is 22.7 Å². The first-order valence-electron chi connectivity index (χ1n) is 18.8. The Morgan fingerprint density at radius 3 is 1.56 bits per heavy atom. The van der Waals surface area contributed by atoms with Crippen molar-refractivity contribution in [2.45, 2.75) is 0 Å². The van der Waals surface area contributed by atoms with Gasteiger partial charge in [-0.2, -0.15) is 0 Å². The Bertz CT molecular complexity index is 3500. The monoisotopic (exact) mass is 733 g/mol. The number of thiophene rings is 2. The maximum Gasteiger partial charge on any atom is 0.0625 e. The molecule has 1 nitrogen and oxygen atoms in total. The van der Waals surface area contributed by atoms with Crippen LogP contribution in [0.25, 0.3) is 94.6 Å². The molecule has 0 saturated heterocycles. The van der Waals surface area contributed by atoms with Crippen molar-refractivity contribution in [3.05, 3.63) is 188 Å². The summed E-state index contributed by atoms with van der Waals surface area (Å²) in [6.45, 7) is 0. The van der Waals surface area contributed by atoms with Gasteiger partial charge in [-0.3, -0.25) is 0 Å². The molecule has 2 aromatic heterocycles. The van der Waals surface area contributed by atoms with Gasteiger partial charge in [-0.1, -0.05) is 164 Å². The van der Waals surface area contributed by atoms with Gasteiger partial charge < -0.3 is 4.90 Å². The van der Waals surface area contributed by atoms with Crippen LogP contribution >= 0.6 is 22.7 Å². The number of rotatable bonds is 4. The van der Waals surface area contributed by atoms with Crippen molar-refractivity contribution in [3.8, 4) is 11.1 Å². The van der Waals surface area contributed by atoms with Gasteiger partial charge in [0.05, 0.1) is 5.69 Å².